The Bertz CT molecular complexity index is 861. The van der Waals surface area contributed by atoms with Gasteiger partial charge in [0.25, 0.3) is 5.91 Å². The van der Waals surface area contributed by atoms with Gasteiger partial charge in [0.15, 0.2) is 0 Å². The van der Waals surface area contributed by atoms with Gasteiger partial charge in [-0.15, -0.1) is 0 Å². The standard InChI is InChI=1S/C22H24N2O2/c25-22(19-11-6-9-17-8-2-3-10-18(17)19)23-16-20(21-12-7-15-26-21)24-13-4-1-5-14-24/h2-3,6-12,15,20H,1,4-5,13-14,16H2,(H,23,25)/t20-/m0/s1. The summed E-state index contributed by atoms with van der Waals surface area (Å²) >= 11 is 0. The molecular weight excluding hydrogens is 324 g/mol. The van der Waals surface area contributed by atoms with E-state index in [9.17, 15) is 4.79 Å². The van der Waals surface area contributed by atoms with Crippen LogP contribution in [0.5, 0.6) is 0 Å². The molecule has 4 nitrogen and oxygen atoms in total. The molecule has 2 aromatic carbocycles. The van der Waals surface area contributed by atoms with Crippen LogP contribution in [0.1, 0.15) is 41.4 Å². The number of piperidine rings is 1. The monoisotopic (exact) mass is 348 g/mol. The van der Waals surface area contributed by atoms with Crippen LogP contribution in [0.2, 0.25) is 0 Å². The minimum atomic E-state index is -0.0321. The first-order valence-corrected chi connectivity index (χ1v) is 9.36. The quantitative estimate of drug-likeness (QED) is 0.744. The summed E-state index contributed by atoms with van der Waals surface area (Å²) in [6.45, 7) is 2.65. The number of carbonyl (C=O) groups is 1. The molecule has 3 aromatic rings. The molecular formula is C22H24N2O2. The van der Waals surface area contributed by atoms with E-state index in [2.05, 4.69) is 10.2 Å². The van der Waals surface area contributed by atoms with Crippen LogP contribution in [0.25, 0.3) is 10.8 Å². The first kappa shape index (κ1) is 16.9. The van der Waals surface area contributed by atoms with Crippen molar-refractivity contribution in [1.82, 2.24) is 10.2 Å². The van der Waals surface area contributed by atoms with Crippen molar-refractivity contribution in [2.75, 3.05) is 19.6 Å². The highest BCUT2D eigenvalue weighted by Gasteiger charge is 2.25. The van der Waals surface area contributed by atoms with Crippen LogP contribution in [-0.2, 0) is 0 Å². The number of nitrogens with one attached hydrogen (secondary N) is 1. The Kier molecular flexibility index (Phi) is 5.02. The van der Waals surface area contributed by atoms with E-state index < -0.39 is 0 Å². The lowest BCUT2D eigenvalue weighted by atomic mass is 10.0. The average molecular weight is 348 g/mol. The van der Waals surface area contributed by atoms with Gasteiger partial charge in [-0.25, -0.2) is 0 Å². The Hall–Kier alpha value is -2.59. The van der Waals surface area contributed by atoms with Crippen molar-refractivity contribution in [3.05, 3.63) is 72.2 Å². The number of benzene rings is 2. The number of furan rings is 1. The Morgan fingerprint density at radius 2 is 1.81 bits per heavy atom. The maximum atomic E-state index is 12.9. The third-order valence-corrected chi connectivity index (χ3v) is 5.19. The third kappa shape index (κ3) is 3.51. The van der Waals surface area contributed by atoms with Gasteiger partial charge in [-0.05, 0) is 54.9 Å². The summed E-state index contributed by atoms with van der Waals surface area (Å²) in [5, 5.41) is 5.20. The summed E-state index contributed by atoms with van der Waals surface area (Å²) in [5.41, 5.74) is 0.722. The molecule has 1 aromatic heterocycles. The highest BCUT2D eigenvalue weighted by molar-refractivity contribution is 6.07. The Morgan fingerprint density at radius 3 is 2.62 bits per heavy atom. The van der Waals surface area contributed by atoms with Crippen molar-refractivity contribution >= 4 is 16.7 Å². The number of amides is 1. The Balaban J connectivity index is 1.52. The topological polar surface area (TPSA) is 45.5 Å². The lowest BCUT2D eigenvalue weighted by Crippen LogP contribution is -2.40. The fourth-order valence-corrected chi connectivity index (χ4v) is 3.83. The first-order chi connectivity index (χ1) is 12.8. The molecule has 1 saturated heterocycles. The molecule has 2 heterocycles. The van der Waals surface area contributed by atoms with Crippen molar-refractivity contribution in [2.45, 2.75) is 25.3 Å². The molecule has 0 bridgehead atoms. The Morgan fingerprint density at radius 1 is 1.00 bits per heavy atom. The second-order valence-corrected chi connectivity index (χ2v) is 6.86. The van der Waals surface area contributed by atoms with Crippen molar-refractivity contribution in [3.8, 4) is 0 Å². The highest BCUT2D eigenvalue weighted by Crippen LogP contribution is 2.25. The van der Waals surface area contributed by atoms with Gasteiger partial charge in [0, 0.05) is 12.1 Å². The maximum Gasteiger partial charge on any atom is 0.251 e. The van der Waals surface area contributed by atoms with E-state index in [0.29, 0.717) is 6.54 Å². The van der Waals surface area contributed by atoms with Gasteiger partial charge in [-0.3, -0.25) is 9.69 Å². The number of rotatable bonds is 5. The summed E-state index contributed by atoms with van der Waals surface area (Å²) in [4.78, 5) is 15.3. The molecule has 0 spiro atoms. The van der Waals surface area contributed by atoms with Crippen LogP contribution in [0.3, 0.4) is 0 Å². The largest absolute Gasteiger partial charge is 0.468 e. The maximum absolute atomic E-state index is 12.9. The number of fused-ring (bicyclic) bond motifs is 1. The molecule has 1 fully saturated rings. The molecule has 4 rings (SSSR count). The molecule has 1 aliphatic rings. The molecule has 0 unspecified atom stereocenters. The number of hydrogen-bond acceptors (Lipinski definition) is 3. The van der Waals surface area contributed by atoms with Crippen molar-refractivity contribution in [2.24, 2.45) is 0 Å². The van der Waals surface area contributed by atoms with Gasteiger partial charge in [0.05, 0.1) is 12.3 Å². The lowest BCUT2D eigenvalue weighted by Gasteiger charge is -2.33. The van der Waals surface area contributed by atoms with E-state index in [0.717, 1.165) is 35.2 Å². The van der Waals surface area contributed by atoms with Crippen molar-refractivity contribution in [3.63, 3.8) is 0 Å². The molecule has 0 aliphatic carbocycles. The van der Waals surface area contributed by atoms with E-state index in [1.807, 2.05) is 54.6 Å². The minimum absolute atomic E-state index is 0.0321. The van der Waals surface area contributed by atoms with E-state index in [1.165, 1.54) is 19.3 Å². The highest BCUT2D eigenvalue weighted by atomic mass is 16.3. The second-order valence-electron chi connectivity index (χ2n) is 6.86. The summed E-state index contributed by atoms with van der Waals surface area (Å²) in [5.74, 6) is 0.889. The number of likely N-dealkylation sites (tertiary alicyclic amines) is 1. The number of hydrogen-bond donors (Lipinski definition) is 1. The van der Waals surface area contributed by atoms with E-state index >= 15 is 0 Å². The Labute approximate surface area is 153 Å². The smallest absolute Gasteiger partial charge is 0.251 e. The first-order valence-electron chi connectivity index (χ1n) is 9.36. The van der Waals surface area contributed by atoms with Crippen molar-refractivity contribution in [1.29, 1.82) is 0 Å². The van der Waals surface area contributed by atoms with Crippen LogP contribution < -0.4 is 5.32 Å². The van der Waals surface area contributed by atoms with Crippen LogP contribution in [0.15, 0.2) is 65.3 Å². The zero-order valence-corrected chi connectivity index (χ0v) is 14.9. The van der Waals surface area contributed by atoms with Crippen molar-refractivity contribution < 1.29 is 9.21 Å². The molecule has 1 N–H and O–H groups in total. The summed E-state index contributed by atoms with van der Waals surface area (Å²) in [6.07, 6.45) is 5.39. The molecule has 4 heteroatoms. The molecule has 0 radical (unpaired) electrons. The molecule has 0 saturated carbocycles. The second kappa shape index (κ2) is 7.75. The number of carbonyl (C=O) groups excluding carboxylic acids is 1. The van der Waals surface area contributed by atoms with Crippen LogP contribution in [0, 0.1) is 0 Å². The SMILES string of the molecule is O=C(NC[C@@H](c1ccco1)N1CCCCC1)c1cccc2ccccc12. The van der Waals surface area contributed by atoms with Gasteiger partial charge in [0.2, 0.25) is 0 Å². The molecule has 26 heavy (non-hydrogen) atoms. The summed E-state index contributed by atoms with van der Waals surface area (Å²) in [7, 11) is 0. The molecule has 134 valence electrons. The molecule has 1 amide bonds. The zero-order chi connectivity index (χ0) is 17.8. The normalized spacial score (nSPS) is 16.5. The molecule has 1 aliphatic heterocycles. The van der Waals surface area contributed by atoms with Gasteiger partial charge in [0.1, 0.15) is 5.76 Å². The summed E-state index contributed by atoms with van der Waals surface area (Å²) < 4.78 is 5.66. The minimum Gasteiger partial charge on any atom is -0.468 e. The van der Waals surface area contributed by atoms with Gasteiger partial charge in [-0.2, -0.15) is 0 Å². The molecule has 1 atom stereocenters. The summed E-state index contributed by atoms with van der Waals surface area (Å²) in [6, 6.07) is 17.9. The third-order valence-electron chi connectivity index (χ3n) is 5.19. The van der Waals surface area contributed by atoms with E-state index in [4.69, 9.17) is 4.42 Å². The lowest BCUT2D eigenvalue weighted by molar-refractivity contribution is 0.0915. The predicted molar refractivity (Wildman–Crippen MR) is 103 cm³/mol. The number of nitrogens with zero attached hydrogens (tertiary/aromatic N) is 1. The van der Waals surface area contributed by atoms with Gasteiger partial charge < -0.3 is 9.73 Å². The van der Waals surface area contributed by atoms with Crippen LogP contribution in [0.4, 0.5) is 0 Å². The van der Waals surface area contributed by atoms with Crippen LogP contribution in [-0.4, -0.2) is 30.4 Å². The zero-order valence-electron chi connectivity index (χ0n) is 14.9. The fraction of sp³-hybridized carbons (Fsp3) is 0.318. The fourth-order valence-electron chi connectivity index (χ4n) is 3.83. The van der Waals surface area contributed by atoms with E-state index in [-0.39, 0.29) is 11.9 Å². The van der Waals surface area contributed by atoms with Gasteiger partial charge in [-0.1, -0.05) is 42.8 Å². The van der Waals surface area contributed by atoms with Crippen LogP contribution >= 0.6 is 0 Å². The van der Waals surface area contributed by atoms with Gasteiger partial charge >= 0.3 is 0 Å². The average Bonchev–Trinajstić information content (AvgIpc) is 3.23. The predicted octanol–water partition coefficient (Wildman–Crippen LogP) is 4.39. The van der Waals surface area contributed by atoms with E-state index in [1.54, 1.807) is 6.26 Å².